The van der Waals surface area contributed by atoms with Crippen molar-refractivity contribution in [3.8, 4) is 16.9 Å². The lowest BCUT2D eigenvalue weighted by Gasteiger charge is -2.19. The number of carbonyl (C=O) groups is 1. The van der Waals surface area contributed by atoms with Crippen molar-refractivity contribution in [1.82, 2.24) is 0 Å². The average molecular weight is 432 g/mol. The first kappa shape index (κ1) is 21.8. The summed E-state index contributed by atoms with van der Waals surface area (Å²) in [5.74, 6) is -0.0805. The second kappa shape index (κ2) is 9.77. The molecule has 0 amide bonds. The van der Waals surface area contributed by atoms with E-state index in [0.29, 0.717) is 5.75 Å². The van der Waals surface area contributed by atoms with Gasteiger partial charge < -0.3 is 9.47 Å². The number of aryl methyl sites for hydroxylation is 1. The first-order valence-corrected chi connectivity index (χ1v) is 10.9. The highest BCUT2D eigenvalue weighted by atomic mass is 19.1. The van der Waals surface area contributed by atoms with Crippen LogP contribution in [0.15, 0.2) is 71.7 Å². The summed E-state index contributed by atoms with van der Waals surface area (Å²) in [4.78, 5) is 16.6. The molecule has 0 aliphatic heterocycles. The van der Waals surface area contributed by atoms with E-state index in [1.807, 2.05) is 30.3 Å². The second-order valence-electron chi connectivity index (χ2n) is 8.12. The maximum atomic E-state index is 13.7. The minimum atomic E-state index is -0.400. The van der Waals surface area contributed by atoms with Gasteiger partial charge in [0.15, 0.2) is 6.61 Å². The molecule has 0 atom stereocenters. The van der Waals surface area contributed by atoms with Crippen molar-refractivity contribution >= 4 is 17.4 Å². The van der Waals surface area contributed by atoms with Crippen LogP contribution in [0, 0.1) is 5.82 Å². The Bertz CT molecular complexity index is 1150. The molecule has 0 saturated heterocycles. The number of fused-ring (bicyclic) bond motifs is 1. The van der Waals surface area contributed by atoms with E-state index in [-0.39, 0.29) is 18.5 Å². The Morgan fingerprint density at radius 1 is 1.00 bits per heavy atom. The van der Waals surface area contributed by atoms with Gasteiger partial charge in [0.05, 0.1) is 11.8 Å². The van der Waals surface area contributed by atoms with Crippen LogP contribution in [0.5, 0.6) is 5.75 Å². The lowest BCUT2D eigenvalue weighted by Crippen LogP contribution is -2.18. The van der Waals surface area contributed by atoms with E-state index in [9.17, 15) is 9.18 Å². The summed E-state index contributed by atoms with van der Waals surface area (Å²) in [5.41, 5.74) is 5.93. The highest BCUT2D eigenvalue weighted by Gasteiger charge is 2.17. The molecule has 0 heterocycles. The zero-order valence-electron chi connectivity index (χ0n) is 18.3. The van der Waals surface area contributed by atoms with E-state index < -0.39 is 5.97 Å². The van der Waals surface area contributed by atoms with Gasteiger partial charge in [-0.1, -0.05) is 30.3 Å². The Morgan fingerprint density at radius 2 is 1.81 bits per heavy atom. The Balaban J connectivity index is 1.58. The fraction of sp³-hybridized carbons (Fsp3) is 0.259. The third-order valence-corrected chi connectivity index (χ3v) is 5.24. The van der Waals surface area contributed by atoms with Gasteiger partial charge in [-0.3, -0.25) is 4.99 Å². The van der Waals surface area contributed by atoms with E-state index in [0.717, 1.165) is 47.4 Å². The van der Waals surface area contributed by atoms with Gasteiger partial charge in [-0.25, -0.2) is 9.18 Å². The summed E-state index contributed by atoms with van der Waals surface area (Å²) in [7, 11) is 0. The van der Waals surface area contributed by atoms with Crippen LogP contribution >= 0.6 is 0 Å². The molecule has 32 heavy (non-hydrogen) atoms. The van der Waals surface area contributed by atoms with Crippen LogP contribution in [0.25, 0.3) is 11.1 Å². The third kappa shape index (κ3) is 5.41. The molecular weight excluding hydrogens is 405 g/mol. The van der Waals surface area contributed by atoms with Crippen LogP contribution < -0.4 is 4.74 Å². The molecule has 4 nitrogen and oxygen atoms in total. The minimum Gasteiger partial charge on any atom is -0.482 e. The number of nitrogens with zero attached hydrogens (tertiary/aromatic N) is 1. The Labute approximate surface area is 187 Å². The van der Waals surface area contributed by atoms with Crippen molar-refractivity contribution in [1.29, 1.82) is 0 Å². The molecule has 0 spiro atoms. The van der Waals surface area contributed by atoms with Crippen molar-refractivity contribution in [2.24, 2.45) is 4.99 Å². The molecule has 0 bridgehead atoms. The number of esters is 1. The molecule has 4 rings (SSSR count). The number of hydrogen-bond acceptors (Lipinski definition) is 4. The lowest BCUT2D eigenvalue weighted by atomic mass is 9.87. The molecule has 3 aromatic rings. The quantitative estimate of drug-likeness (QED) is 0.432. The molecule has 0 radical (unpaired) electrons. The molecule has 0 fully saturated rings. The summed E-state index contributed by atoms with van der Waals surface area (Å²) >= 11 is 0. The Morgan fingerprint density at radius 3 is 2.62 bits per heavy atom. The monoisotopic (exact) mass is 431 g/mol. The maximum Gasteiger partial charge on any atom is 0.344 e. The van der Waals surface area contributed by atoms with Crippen LogP contribution in [-0.2, 0) is 16.0 Å². The molecule has 5 heteroatoms. The van der Waals surface area contributed by atoms with Gasteiger partial charge >= 0.3 is 5.97 Å². The smallest absolute Gasteiger partial charge is 0.344 e. The van der Waals surface area contributed by atoms with E-state index >= 15 is 0 Å². The van der Waals surface area contributed by atoms with E-state index in [1.54, 1.807) is 32.0 Å². The first-order chi connectivity index (χ1) is 15.5. The second-order valence-corrected chi connectivity index (χ2v) is 8.12. The predicted octanol–water partition coefficient (Wildman–Crippen LogP) is 6.28. The minimum absolute atomic E-state index is 0.141. The zero-order valence-corrected chi connectivity index (χ0v) is 18.3. The summed E-state index contributed by atoms with van der Waals surface area (Å²) in [6.07, 6.45) is 2.72. The highest BCUT2D eigenvalue weighted by molar-refractivity contribution is 6.05. The fourth-order valence-corrected chi connectivity index (χ4v) is 3.85. The summed E-state index contributed by atoms with van der Waals surface area (Å²) < 4.78 is 24.4. The number of carbonyl (C=O) groups excluding carboxylic acids is 1. The molecule has 164 valence electrons. The highest BCUT2D eigenvalue weighted by Crippen LogP contribution is 2.30. The van der Waals surface area contributed by atoms with Gasteiger partial charge in [-0.15, -0.1) is 0 Å². The van der Waals surface area contributed by atoms with Gasteiger partial charge in [0.1, 0.15) is 11.6 Å². The largest absolute Gasteiger partial charge is 0.482 e. The number of aliphatic imine (C=N–C) groups is 1. The van der Waals surface area contributed by atoms with E-state index in [1.165, 1.54) is 11.6 Å². The first-order valence-electron chi connectivity index (χ1n) is 10.9. The number of hydrogen-bond donors (Lipinski definition) is 0. The molecule has 1 aliphatic rings. The van der Waals surface area contributed by atoms with Crippen LogP contribution in [0.4, 0.5) is 10.1 Å². The molecule has 0 aromatic heterocycles. The molecule has 3 aromatic carbocycles. The van der Waals surface area contributed by atoms with Crippen molar-refractivity contribution in [2.75, 3.05) is 6.61 Å². The van der Waals surface area contributed by atoms with E-state index in [2.05, 4.69) is 12.1 Å². The Kier molecular flexibility index (Phi) is 6.64. The summed E-state index contributed by atoms with van der Waals surface area (Å²) in [5, 5.41) is 0. The van der Waals surface area contributed by atoms with Crippen molar-refractivity contribution < 1.29 is 18.7 Å². The summed E-state index contributed by atoms with van der Waals surface area (Å²) in [6, 6.07) is 20.3. The number of benzene rings is 3. The molecule has 0 unspecified atom stereocenters. The average Bonchev–Trinajstić information content (AvgIpc) is 2.77. The van der Waals surface area contributed by atoms with Crippen molar-refractivity contribution in [3.05, 3.63) is 83.7 Å². The maximum absolute atomic E-state index is 13.7. The van der Waals surface area contributed by atoms with Crippen molar-refractivity contribution in [2.45, 2.75) is 39.2 Å². The normalized spacial score (nSPS) is 14.3. The van der Waals surface area contributed by atoms with Crippen molar-refractivity contribution in [3.63, 3.8) is 0 Å². The number of ether oxygens (including phenoxy) is 2. The Hall–Kier alpha value is -3.47. The van der Waals surface area contributed by atoms with Gasteiger partial charge in [-0.2, -0.15) is 0 Å². The number of rotatable bonds is 6. The van der Waals surface area contributed by atoms with Gasteiger partial charge in [0, 0.05) is 11.8 Å². The van der Waals surface area contributed by atoms with E-state index in [4.69, 9.17) is 14.5 Å². The third-order valence-electron chi connectivity index (χ3n) is 5.24. The van der Waals surface area contributed by atoms with Crippen LogP contribution in [0.1, 0.15) is 37.8 Å². The number of halogens is 1. The van der Waals surface area contributed by atoms with Crippen LogP contribution in [0.2, 0.25) is 0 Å². The fourth-order valence-electron chi connectivity index (χ4n) is 3.85. The molecule has 0 saturated carbocycles. The van der Waals surface area contributed by atoms with Gasteiger partial charge in [-0.05, 0) is 85.7 Å². The lowest BCUT2D eigenvalue weighted by molar-refractivity contribution is -0.149. The topological polar surface area (TPSA) is 47.9 Å². The standard InChI is InChI=1S/C27H26FNO3/c1-18(2)32-27(30)17-31-24-10-5-9-23(16-24)29-26-11-4-6-19-12-13-21(15-25(19)26)20-7-3-8-22(28)14-20/h3,5,7-10,12-16,18H,4,6,11,17H2,1-2H3/b29-26+. The molecule has 1 aliphatic carbocycles. The van der Waals surface area contributed by atoms with Gasteiger partial charge in [0.25, 0.3) is 0 Å². The zero-order chi connectivity index (χ0) is 22.5. The summed E-state index contributed by atoms with van der Waals surface area (Å²) in [6.45, 7) is 3.46. The molecular formula is C27H26FNO3. The van der Waals surface area contributed by atoms with Gasteiger partial charge in [0.2, 0.25) is 0 Å². The SMILES string of the molecule is CC(C)OC(=O)COc1cccc(/N=C2\CCCc3ccc(-c4cccc(F)c4)cc32)c1. The van der Waals surface area contributed by atoms with Crippen LogP contribution in [-0.4, -0.2) is 24.4 Å². The predicted molar refractivity (Wildman–Crippen MR) is 124 cm³/mol. The van der Waals surface area contributed by atoms with Crippen LogP contribution in [0.3, 0.4) is 0 Å². The molecule has 0 N–H and O–H groups in total.